The van der Waals surface area contributed by atoms with Crippen LogP contribution in [0.15, 0.2) is 54.6 Å². The number of quaternary nitrogens is 2. The predicted molar refractivity (Wildman–Crippen MR) is 96.3 cm³/mol. The topological polar surface area (TPSA) is 74.3 Å². The molecule has 0 aliphatic rings. The third-order valence-corrected chi connectivity index (χ3v) is 4.17. The highest BCUT2D eigenvalue weighted by Gasteiger charge is 2.20. The second kappa shape index (κ2) is 9.80. The molecule has 0 aromatic heterocycles. The fraction of sp³-hybridized carbons (Fsp3) is 0.350. The summed E-state index contributed by atoms with van der Waals surface area (Å²) in [5.41, 5.74) is 1.90. The van der Waals surface area contributed by atoms with Crippen molar-refractivity contribution in [3.8, 4) is 11.8 Å². The fourth-order valence-electron chi connectivity index (χ4n) is 2.73. The number of aliphatic hydroxyl groups excluding tert-OH is 1. The quantitative estimate of drug-likeness (QED) is 0.589. The van der Waals surface area contributed by atoms with Crippen molar-refractivity contribution in [3.63, 3.8) is 0 Å². The highest BCUT2D eigenvalue weighted by Crippen LogP contribution is 2.11. The second-order valence-corrected chi connectivity index (χ2v) is 6.40. The molecule has 2 atom stereocenters. The van der Waals surface area contributed by atoms with Gasteiger partial charge in [-0.3, -0.25) is 0 Å². The Hall–Kier alpha value is -2.39. The Morgan fingerprint density at radius 1 is 1.08 bits per heavy atom. The van der Waals surface area contributed by atoms with Crippen LogP contribution in [0.2, 0.25) is 0 Å². The van der Waals surface area contributed by atoms with Crippen molar-refractivity contribution in [1.29, 1.82) is 5.26 Å². The number of aliphatic hydroxyl groups is 1. The van der Waals surface area contributed by atoms with Gasteiger partial charge in [0.25, 0.3) is 0 Å². The van der Waals surface area contributed by atoms with Crippen molar-refractivity contribution in [2.75, 3.05) is 33.8 Å². The molecule has 0 aliphatic carbocycles. The molecule has 132 valence electrons. The molecule has 0 heterocycles. The third-order valence-electron chi connectivity index (χ3n) is 4.17. The van der Waals surface area contributed by atoms with Gasteiger partial charge in [-0.05, 0) is 24.3 Å². The largest absolute Gasteiger partial charge is 0.491 e. The Kier molecular flexibility index (Phi) is 7.42. The highest BCUT2D eigenvalue weighted by atomic mass is 16.5. The first-order valence-corrected chi connectivity index (χ1v) is 8.58. The van der Waals surface area contributed by atoms with Gasteiger partial charge in [0.1, 0.15) is 31.5 Å². The number of nitrogens with two attached hydrogens (primary N) is 1. The zero-order chi connectivity index (χ0) is 18.1. The molecule has 2 aromatic rings. The molecule has 0 amide bonds. The van der Waals surface area contributed by atoms with E-state index in [1.807, 2.05) is 6.07 Å². The Labute approximate surface area is 149 Å². The van der Waals surface area contributed by atoms with E-state index in [-0.39, 0.29) is 6.61 Å². The van der Waals surface area contributed by atoms with Crippen LogP contribution >= 0.6 is 0 Å². The lowest BCUT2D eigenvalue weighted by Gasteiger charge is -2.21. The fourth-order valence-corrected chi connectivity index (χ4v) is 2.73. The lowest BCUT2D eigenvalue weighted by atomic mass is 10.1. The minimum absolute atomic E-state index is 0.243. The molecule has 0 unspecified atom stereocenters. The summed E-state index contributed by atoms with van der Waals surface area (Å²) in [6.45, 7) is 1.74. The number of likely N-dealkylation sites (N-methyl/N-ethyl adjacent to an activating group) is 1. The summed E-state index contributed by atoms with van der Waals surface area (Å²) in [5.74, 6) is 0.665. The molecule has 4 N–H and O–H groups in total. The maximum atomic E-state index is 10.1. The molecule has 2 rings (SSSR count). The zero-order valence-electron chi connectivity index (χ0n) is 14.9. The molecule has 5 heteroatoms. The van der Waals surface area contributed by atoms with Gasteiger partial charge in [0.15, 0.2) is 6.04 Å². The second-order valence-electron chi connectivity index (χ2n) is 6.40. The van der Waals surface area contributed by atoms with Gasteiger partial charge in [0.05, 0.1) is 25.7 Å². The first-order valence-electron chi connectivity index (χ1n) is 8.58. The Bertz CT molecular complexity index is 666. The van der Waals surface area contributed by atoms with Crippen LogP contribution in [0.25, 0.3) is 0 Å². The molecule has 0 aliphatic heterocycles. The highest BCUT2D eigenvalue weighted by molar-refractivity contribution is 5.34. The number of benzene rings is 2. The molecular formula is C20H27N3O2+2. The number of hydrogen-bond donors (Lipinski definition) is 3. The molecular weight excluding hydrogens is 314 g/mol. The minimum atomic E-state index is -0.538. The lowest BCUT2D eigenvalue weighted by Crippen LogP contribution is -3.09. The van der Waals surface area contributed by atoms with Gasteiger partial charge < -0.3 is 20.1 Å². The van der Waals surface area contributed by atoms with Crippen LogP contribution in [0.5, 0.6) is 5.75 Å². The number of ether oxygens (including phenoxy) is 1. The molecule has 0 radical (unpaired) electrons. The number of nitrogens with zero attached hydrogens (tertiary/aromatic N) is 1. The molecule has 0 spiro atoms. The van der Waals surface area contributed by atoms with Crippen LogP contribution in [0.3, 0.4) is 0 Å². The van der Waals surface area contributed by atoms with Gasteiger partial charge >= 0.3 is 0 Å². The molecule has 2 aromatic carbocycles. The Morgan fingerprint density at radius 3 is 2.36 bits per heavy atom. The van der Waals surface area contributed by atoms with Crippen LogP contribution in [0.1, 0.15) is 17.2 Å². The molecule has 5 nitrogen and oxygen atoms in total. The standard InChI is InChI=1S/C20H25N3O2/c1-23(2)20(17-6-4-3-5-7-17)14-22-13-18(24)15-25-19-10-8-16(12-21)9-11-19/h3-11,18,20,22,24H,13-15H2,1-2H3/p+2/t18-,20-/m0/s1. The summed E-state index contributed by atoms with van der Waals surface area (Å²) in [4.78, 5) is 1.37. The van der Waals surface area contributed by atoms with Crippen molar-refractivity contribution < 1.29 is 20.1 Å². The van der Waals surface area contributed by atoms with E-state index in [0.29, 0.717) is 23.9 Å². The van der Waals surface area contributed by atoms with E-state index in [1.165, 1.54) is 10.5 Å². The van der Waals surface area contributed by atoms with E-state index in [2.05, 4.69) is 49.7 Å². The van der Waals surface area contributed by atoms with Gasteiger partial charge in [-0.25, -0.2) is 0 Å². The SMILES string of the molecule is C[NH+](C)[C@@H](C[NH2+]C[C@H](O)COc1ccc(C#N)cc1)c1ccccc1. The Morgan fingerprint density at radius 2 is 1.76 bits per heavy atom. The van der Waals surface area contributed by atoms with Gasteiger partial charge in [-0.2, -0.15) is 5.26 Å². The molecule has 25 heavy (non-hydrogen) atoms. The van der Waals surface area contributed by atoms with E-state index in [0.717, 1.165) is 6.54 Å². The summed E-state index contributed by atoms with van der Waals surface area (Å²) in [7, 11) is 4.30. The average Bonchev–Trinajstić information content (AvgIpc) is 2.64. The monoisotopic (exact) mass is 341 g/mol. The van der Waals surface area contributed by atoms with Gasteiger partial charge in [0, 0.05) is 5.56 Å². The van der Waals surface area contributed by atoms with Crippen molar-refractivity contribution in [3.05, 3.63) is 65.7 Å². The molecule has 0 bridgehead atoms. The summed E-state index contributed by atoms with van der Waals surface area (Å²) in [5, 5.41) is 21.0. The van der Waals surface area contributed by atoms with Crippen molar-refractivity contribution >= 4 is 0 Å². The van der Waals surface area contributed by atoms with Gasteiger partial charge in [-0.1, -0.05) is 30.3 Å². The smallest absolute Gasteiger partial charge is 0.162 e. The van der Waals surface area contributed by atoms with Crippen LogP contribution in [0, 0.1) is 11.3 Å². The summed E-state index contributed by atoms with van der Waals surface area (Å²) in [6, 6.07) is 19.8. The van der Waals surface area contributed by atoms with E-state index in [1.54, 1.807) is 24.3 Å². The van der Waals surface area contributed by atoms with Crippen molar-refractivity contribution in [1.82, 2.24) is 0 Å². The van der Waals surface area contributed by atoms with Crippen molar-refractivity contribution in [2.45, 2.75) is 12.1 Å². The van der Waals surface area contributed by atoms with E-state index < -0.39 is 6.10 Å². The summed E-state index contributed by atoms with van der Waals surface area (Å²) < 4.78 is 5.57. The van der Waals surface area contributed by atoms with E-state index in [4.69, 9.17) is 10.00 Å². The summed E-state index contributed by atoms with van der Waals surface area (Å²) >= 11 is 0. The van der Waals surface area contributed by atoms with E-state index in [9.17, 15) is 5.11 Å². The number of nitriles is 1. The van der Waals surface area contributed by atoms with Crippen LogP contribution < -0.4 is 15.0 Å². The zero-order valence-corrected chi connectivity index (χ0v) is 14.9. The van der Waals surface area contributed by atoms with Crippen LogP contribution in [0.4, 0.5) is 0 Å². The van der Waals surface area contributed by atoms with Crippen molar-refractivity contribution in [2.24, 2.45) is 0 Å². The average molecular weight is 341 g/mol. The predicted octanol–water partition coefficient (Wildman–Crippen LogP) is -0.253. The maximum absolute atomic E-state index is 10.1. The number of nitrogens with one attached hydrogen (secondary N) is 1. The van der Waals surface area contributed by atoms with Gasteiger partial charge in [-0.15, -0.1) is 0 Å². The van der Waals surface area contributed by atoms with Crippen LogP contribution in [-0.4, -0.2) is 45.0 Å². The first kappa shape index (κ1) is 18.9. The van der Waals surface area contributed by atoms with E-state index >= 15 is 0 Å². The molecule has 0 fully saturated rings. The molecule has 0 saturated heterocycles. The number of rotatable bonds is 9. The molecule has 0 saturated carbocycles. The Balaban J connectivity index is 1.75. The lowest BCUT2D eigenvalue weighted by molar-refractivity contribution is -0.909. The van der Waals surface area contributed by atoms with Gasteiger partial charge in [0.2, 0.25) is 0 Å². The first-order chi connectivity index (χ1) is 12.1. The number of hydrogen-bond acceptors (Lipinski definition) is 3. The minimum Gasteiger partial charge on any atom is -0.491 e. The normalized spacial score (nSPS) is 13.2. The summed E-state index contributed by atoms with van der Waals surface area (Å²) in [6.07, 6.45) is -0.538. The van der Waals surface area contributed by atoms with Crippen LogP contribution in [-0.2, 0) is 0 Å². The third kappa shape index (κ3) is 6.20. The maximum Gasteiger partial charge on any atom is 0.162 e.